The van der Waals surface area contributed by atoms with Crippen LogP contribution in [0.25, 0.3) is 0 Å². The van der Waals surface area contributed by atoms with Crippen molar-refractivity contribution in [1.29, 1.82) is 0 Å². The highest BCUT2D eigenvalue weighted by molar-refractivity contribution is 6.42. The summed E-state index contributed by atoms with van der Waals surface area (Å²) in [5.41, 5.74) is 3.30. The average molecular weight is 336 g/mol. The van der Waals surface area contributed by atoms with Gasteiger partial charge in [0.15, 0.2) is 6.61 Å². The number of carbonyl (C=O) groups excluding carboxylic acids is 1. The van der Waals surface area contributed by atoms with Gasteiger partial charge < -0.3 is 10.1 Å². The molecule has 5 heteroatoms. The van der Waals surface area contributed by atoms with E-state index in [0.29, 0.717) is 15.7 Å². The van der Waals surface area contributed by atoms with E-state index in [0.717, 1.165) is 18.6 Å². The largest absolute Gasteiger partial charge is 0.484 e. The Hall–Kier alpha value is -1.71. The summed E-state index contributed by atoms with van der Waals surface area (Å²) < 4.78 is 5.55. The first-order valence-electron chi connectivity index (χ1n) is 7.11. The van der Waals surface area contributed by atoms with Crippen LogP contribution in [0, 0.1) is 0 Å². The molecule has 114 valence electrons. The molecule has 1 amide bonds. The Morgan fingerprint density at radius 3 is 2.68 bits per heavy atom. The number of rotatable bonds is 4. The van der Waals surface area contributed by atoms with Crippen LogP contribution in [0.3, 0.4) is 0 Å². The number of aryl methyl sites for hydroxylation is 2. The number of halogens is 2. The quantitative estimate of drug-likeness (QED) is 0.893. The molecule has 0 spiro atoms. The van der Waals surface area contributed by atoms with E-state index < -0.39 is 0 Å². The highest BCUT2D eigenvalue weighted by atomic mass is 35.5. The van der Waals surface area contributed by atoms with Crippen LogP contribution in [0.5, 0.6) is 5.75 Å². The molecular formula is C17H15Cl2NO2. The summed E-state index contributed by atoms with van der Waals surface area (Å²) in [5.74, 6) is 0.490. The molecule has 0 unspecified atom stereocenters. The standard InChI is InChI=1S/C17H15Cl2NO2/c18-15-7-5-13(9-16(15)19)20-17(21)10-22-14-6-4-11-2-1-3-12(11)8-14/h4-9H,1-3,10H2,(H,20,21). The fourth-order valence-corrected chi connectivity index (χ4v) is 2.86. The maximum atomic E-state index is 11.9. The number of benzene rings is 2. The third kappa shape index (κ3) is 3.54. The van der Waals surface area contributed by atoms with Gasteiger partial charge >= 0.3 is 0 Å². The smallest absolute Gasteiger partial charge is 0.262 e. The third-order valence-electron chi connectivity index (χ3n) is 3.64. The Morgan fingerprint density at radius 2 is 1.86 bits per heavy atom. The lowest BCUT2D eigenvalue weighted by molar-refractivity contribution is -0.118. The highest BCUT2D eigenvalue weighted by Crippen LogP contribution is 2.26. The lowest BCUT2D eigenvalue weighted by Gasteiger charge is -2.09. The van der Waals surface area contributed by atoms with Crippen molar-refractivity contribution in [2.75, 3.05) is 11.9 Å². The van der Waals surface area contributed by atoms with E-state index in [-0.39, 0.29) is 12.5 Å². The Kier molecular flexibility index (Phi) is 4.55. The SMILES string of the molecule is O=C(COc1ccc2c(c1)CCC2)Nc1ccc(Cl)c(Cl)c1. The van der Waals surface area contributed by atoms with E-state index in [1.807, 2.05) is 12.1 Å². The summed E-state index contributed by atoms with van der Waals surface area (Å²) in [6.07, 6.45) is 3.41. The minimum Gasteiger partial charge on any atom is -0.484 e. The van der Waals surface area contributed by atoms with Crippen LogP contribution in [-0.4, -0.2) is 12.5 Å². The number of hydrogen-bond acceptors (Lipinski definition) is 2. The fourth-order valence-electron chi connectivity index (χ4n) is 2.56. The molecule has 0 aliphatic heterocycles. The van der Waals surface area contributed by atoms with Gasteiger partial charge in [-0.2, -0.15) is 0 Å². The molecule has 0 saturated heterocycles. The van der Waals surface area contributed by atoms with Crippen LogP contribution in [0.15, 0.2) is 36.4 Å². The molecule has 2 aromatic carbocycles. The second kappa shape index (κ2) is 6.59. The van der Waals surface area contributed by atoms with Gasteiger partial charge in [-0.15, -0.1) is 0 Å². The van der Waals surface area contributed by atoms with E-state index in [9.17, 15) is 4.79 Å². The molecule has 0 radical (unpaired) electrons. The van der Waals surface area contributed by atoms with Crippen LogP contribution in [0.1, 0.15) is 17.5 Å². The van der Waals surface area contributed by atoms with Gasteiger partial charge in [-0.3, -0.25) is 4.79 Å². The van der Waals surface area contributed by atoms with Gasteiger partial charge in [0.25, 0.3) is 5.91 Å². The number of anilines is 1. The van der Waals surface area contributed by atoms with Crippen molar-refractivity contribution in [2.45, 2.75) is 19.3 Å². The second-order valence-corrected chi connectivity index (χ2v) is 6.06. The number of ether oxygens (including phenoxy) is 1. The van der Waals surface area contributed by atoms with Gasteiger partial charge in [0, 0.05) is 5.69 Å². The lowest BCUT2D eigenvalue weighted by atomic mass is 10.1. The maximum absolute atomic E-state index is 11.9. The first kappa shape index (κ1) is 15.2. The van der Waals surface area contributed by atoms with Gasteiger partial charge in [-0.25, -0.2) is 0 Å². The van der Waals surface area contributed by atoms with Crippen molar-refractivity contribution < 1.29 is 9.53 Å². The van der Waals surface area contributed by atoms with Crippen molar-refractivity contribution in [3.05, 3.63) is 57.6 Å². The lowest BCUT2D eigenvalue weighted by Crippen LogP contribution is -2.20. The monoisotopic (exact) mass is 335 g/mol. The molecule has 3 nitrogen and oxygen atoms in total. The van der Waals surface area contributed by atoms with Gasteiger partial charge in [0.2, 0.25) is 0 Å². The third-order valence-corrected chi connectivity index (χ3v) is 4.38. The van der Waals surface area contributed by atoms with Crippen LogP contribution in [0.2, 0.25) is 10.0 Å². The Balaban J connectivity index is 1.57. The number of carbonyl (C=O) groups is 1. The van der Waals surface area contributed by atoms with Crippen molar-refractivity contribution >= 4 is 34.8 Å². The molecule has 1 N–H and O–H groups in total. The molecule has 1 aliphatic carbocycles. The van der Waals surface area contributed by atoms with E-state index in [1.54, 1.807) is 18.2 Å². The van der Waals surface area contributed by atoms with E-state index in [4.69, 9.17) is 27.9 Å². The molecule has 0 saturated carbocycles. The van der Waals surface area contributed by atoms with Crippen LogP contribution in [0.4, 0.5) is 5.69 Å². The topological polar surface area (TPSA) is 38.3 Å². The Morgan fingerprint density at radius 1 is 1.05 bits per heavy atom. The molecule has 3 rings (SSSR count). The predicted octanol–water partition coefficient (Wildman–Crippen LogP) is 4.50. The number of amides is 1. The first-order chi connectivity index (χ1) is 10.6. The second-order valence-electron chi connectivity index (χ2n) is 5.25. The minimum atomic E-state index is -0.237. The molecular weight excluding hydrogens is 321 g/mol. The van der Waals surface area contributed by atoms with Crippen molar-refractivity contribution in [3.8, 4) is 5.75 Å². The van der Waals surface area contributed by atoms with E-state index in [2.05, 4.69) is 11.4 Å². The average Bonchev–Trinajstić information content (AvgIpc) is 2.96. The first-order valence-corrected chi connectivity index (χ1v) is 7.87. The molecule has 0 heterocycles. The zero-order chi connectivity index (χ0) is 15.5. The van der Waals surface area contributed by atoms with Gasteiger partial charge in [0.05, 0.1) is 10.0 Å². The molecule has 2 aromatic rings. The normalized spacial score (nSPS) is 12.8. The van der Waals surface area contributed by atoms with E-state index >= 15 is 0 Å². The minimum absolute atomic E-state index is 0.0426. The molecule has 0 atom stereocenters. The summed E-state index contributed by atoms with van der Waals surface area (Å²) >= 11 is 11.7. The zero-order valence-electron chi connectivity index (χ0n) is 11.9. The Bertz CT molecular complexity index is 716. The fraction of sp³-hybridized carbons (Fsp3) is 0.235. The zero-order valence-corrected chi connectivity index (χ0v) is 13.4. The summed E-state index contributed by atoms with van der Waals surface area (Å²) in [5, 5.41) is 3.58. The summed E-state index contributed by atoms with van der Waals surface area (Å²) in [6, 6.07) is 11.0. The number of hydrogen-bond donors (Lipinski definition) is 1. The van der Waals surface area contributed by atoms with Gasteiger partial charge in [-0.05, 0) is 60.7 Å². The van der Waals surface area contributed by atoms with Crippen LogP contribution in [-0.2, 0) is 17.6 Å². The summed E-state index contributed by atoms with van der Waals surface area (Å²) in [6.45, 7) is -0.0426. The molecule has 1 aliphatic rings. The van der Waals surface area contributed by atoms with E-state index in [1.165, 1.54) is 17.5 Å². The van der Waals surface area contributed by atoms with Gasteiger partial charge in [0.1, 0.15) is 5.75 Å². The highest BCUT2D eigenvalue weighted by Gasteiger charge is 2.12. The summed E-state index contributed by atoms with van der Waals surface area (Å²) in [4.78, 5) is 11.9. The van der Waals surface area contributed by atoms with Crippen molar-refractivity contribution in [1.82, 2.24) is 0 Å². The maximum Gasteiger partial charge on any atom is 0.262 e. The number of fused-ring (bicyclic) bond motifs is 1. The molecule has 0 aromatic heterocycles. The molecule has 22 heavy (non-hydrogen) atoms. The van der Waals surface area contributed by atoms with Crippen molar-refractivity contribution in [2.24, 2.45) is 0 Å². The number of nitrogens with one attached hydrogen (secondary N) is 1. The van der Waals surface area contributed by atoms with Crippen molar-refractivity contribution in [3.63, 3.8) is 0 Å². The van der Waals surface area contributed by atoms with Gasteiger partial charge in [-0.1, -0.05) is 29.3 Å². The Labute approximate surface area is 139 Å². The predicted molar refractivity (Wildman–Crippen MR) is 89.1 cm³/mol. The summed E-state index contributed by atoms with van der Waals surface area (Å²) in [7, 11) is 0. The van der Waals surface area contributed by atoms with Crippen LogP contribution < -0.4 is 10.1 Å². The molecule has 0 fully saturated rings. The molecule has 0 bridgehead atoms. The van der Waals surface area contributed by atoms with Crippen LogP contribution >= 0.6 is 23.2 Å².